The Labute approximate surface area is 165 Å². The summed E-state index contributed by atoms with van der Waals surface area (Å²) in [5.41, 5.74) is 3.14. The van der Waals surface area contributed by atoms with Crippen molar-refractivity contribution in [3.05, 3.63) is 47.0 Å². The molecule has 3 atom stereocenters. The molecule has 0 spiro atoms. The summed E-state index contributed by atoms with van der Waals surface area (Å²) in [7, 11) is 6.42. The average Bonchev–Trinajstić information content (AvgIpc) is 2.75. The van der Waals surface area contributed by atoms with Gasteiger partial charge in [0.05, 0.1) is 28.4 Å². The predicted octanol–water partition coefficient (Wildman–Crippen LogP) is 2.63. The maximum atomic E-state index is 10.2. The summed E-state index contributed by atoms with van der Waals surface area (Å²) in [5, 5.41) is 20.2. The normalized spacial score (nSPS) is 21.0. The third-order valence-corrected chi connectivity index (χ3v) is 5.71. The highest BCUT2D eigenvalue weighted by molar-refractivity contribution is 5.54. The van der Waals surface area contributed by atoms with Crippen molar-refractivity contribution in [2.45, 2.75) is 12.3 Å². The third-order valence-electron chi connectivity index (χ3n) is 5.71. The summed E-state index contributed by atoms with van der Waals surface area (Å²) in [6.45, 7) is -0.0270. The van der Waals surface area contributed by atoms with Crippen LogP contribution in [0.4, 0.5) is 0 Å². The summed E-state index contributed by atoms with van der Waals surface area (Å²) in [5.74, 6) is 2.27. The van der Waals surface area contributed by atoms with E-state index in [0.29, 0.717) is 29.4 Å². The van der Waals surface area contributed by atoms with Gasteiger partial charge in [-0.3, -0.25) is 0 Å². The van der Waals surface area contributed by atoms with Crippen LogP contribution in [0.15, 0.2) is 30.3 Å². The van der Waals surface area contributed by atoms with Gasteiger partial charge in [-0.05, 0) is 59.2 Å². The van der Waals surface area contributed by atoms with Gasteiger partial charge in [-0.1, -0.05) is 6.07 Å². The van der Waals surface area contributed by atoms with Crippen LogP contribution in [-0.4, -0.2) is 51.9 Å². The number of hydrogen-bond donors (Lipinski definition) is 2. The molecule has 152 valence electrons. The topological polar surface area (TPSA) is 77.4 Å². The molecule has 2 aromatic rings. The third kappa shape index (κ3) is 3.50. The Morgan fingerprint density at radius 3 is 1.96 bits per heavy atom. The van der Waals surface area contributed by atoms with Crippen molar-refractivity contribution in [2.75, 3.05) is 41.7 Å². The van der Waals surface area contributed by atoms with Crippen molar-refractivity contribution in [1.29, 1.82) is 0 Å². The number of benzene rings is 2. The molecule has 0 heterocycles. The molecule has 0 unspecified atom stereocenters. The van der Waals surface area contributed by atoms with Crippen molar-refractivity contribution in [2.24, 2.45) is 11.8 Å². The first-order chi connectivity index (χ1) is 13.6. The standard InChI is InChI=1S/C22H28O6/c1-25-18-6-5-13(8-19(18)26-2)22-16-10-21(28-4)20(27-3)9-14(16)7-15(11-23)17(22)12-24/h5-6,8-10,15,17,22-24H,7,11-12H2,1-4H3/t15-,17-,22-/m0/s1. The molecule has 28 heavy (non-hydrogen) atoms. The SMILES string of the molecule is COc1ccc([C@H]2c3cc(OC)c(OC)cc3C[C@@H](CO)[C@@H]2CO)cc1OC. The number of aliphatic hydroxyl groups is 2. The van der Waals surface area contributed by atoms with Gasteiger partial charge in [0.25, 0.3) is 0 Å². The van der Waals surface area contributed by atoms with Gasteiger partial charge in [0.15, 0.2) is 23.0 Å². The number of fused-ring (bicyclic) bond motifs is 1. The lowest BCUT2D eigenvalue weighted by Gasteiger charge is -2.39. The van der Waals surface area contributed by atoms with Crippen LogP contribution in [-0.2, 0) is 6.42 Å². The molecule has 0 saturated carbocycles. The molecule has 0 amide bonds. The minimum absolute atomic E-state index is 0.00278. The van der Waals surface area contributed by atoms with Gasteiger partial charge in [0.2, 0.25) is 0 Å². The molecule has 1 aliphatic rings. The minimum Gasteiger partial charge on any atom is -0.493 e. The van der Waals surface area contributed by atoms with Crippen LogP contribution in [0, 0.1) is 11.8 Å². The second-order valence-electron chi connectivity index (χ2n) is 6.99. The van der Waals surface area contributed by atoms with E-state index in [-0.39, 0.29) is 31.0 Å². The van der Waals surface area contributed by atoms with Crippen LogP contribution in [0.2, 0.25) is 0 Å². The predicted molar refractivity (Wildman–Crippen MR) is 106 cm³/mol. The van der Waals surface area contributed by atoms with Crippen molar-refractivity contribution >= 4 is 0 Å². The van der Waals surface area contributed by atoms with Crippen LogP contribution in [0.25, 0.3) is 0 Å². The van der Waals surface area contributed by atoms with Gasteiger partial charge in [-0.25, -0.2) is 0 Å². The lowest BCUT2D eigenvalue weighted by atomic mass is 9.67. The van der Waals surface area contributed by atoms with Crippen molar-refractivity contribution in [3.8, 4) is 23.0 Å². The fourth-order valence-corrected chi connectivity index (χ4v) is 4.27. The fraction of sp³-hybridized carbons (Fsp3) is 0.455. The quantitative estimate of drug-likeness (QED) is 0.759. The largest absolute Gasteiger partial charge is 0.493 e. The highest BCUT2D eigenvalue weighted by Gasteiger charge is 2.38. The average molecular weight is 388 g/mol. The maximum absolute atomic E-state index is 10.2. The van der Waals surface area contributed by atoms with Crippen LogP contribution in [0.5, 0.6) is 23.0 Å². The monoisotopic (exact) mass is 388 g/mol. The molecule has 3 rings (SSSR count). The molecule has 6 heteroatoms. The molecule has 0 aliphatic heterocycles. The van der Waals surface area contributed by atoms with E-state index < -0.39 is 0 Å². The summed E-state index contributed by atoms with van der Waals surface area (Å²) < 4.78 is 21.8. The molecule has 0 fully saturated rings. The first-order valence-electron chi connectivity index (χ1n) is 9.30. The molecule has 2 aromatic carbocycles. The van der Waals surface area contributed by atoms with E-state index in [1.165, 1.54) is 0 Å². The Morgan fingerprint density at radius 2 is 1.39 bits per heavy atom. The van der Waals surface area contributed by atoms with E-state index in [4.69, 9.17) is 18.9 Å². The smallest absolute Gasteiger partial charge is 0.161 e. The lowest BCUT2D eigenvalue weighted by molar-refractivity contribution is 0.101. The molecular weight excluding hydrogens is 360 g/mol. The summed E-state index contributed by atoms with van der Waals surface area (Å²) in [6, 6.07) is 9.73. The van der Waals surface area contributed by atoms with E-state index in [1.54, 1.807) is 28.4 Å². The first-order valence-corrected chi connectivity index (χ1v) is 9.30. The number of methoxy groups -OCH3 is 4. The van der Waals surface area contributed by atoms with E-state index in [2.05, 4.69) is 0 Å². The van der Waals surface area contributed by atoms with Crippen LogP contribution < -0.4 is 18.9 Å². The summed E-state index contributed by atoms with van der Waals surface area (Å²) in [6.07, 6.45) is 0.668. The van der Waals surface area contributed by atoms with Crippen LogP contribution in [0.3, 0.4) is 0 Å². The lowest BCUT2D eigenvalue weighted by Crippen LogP contribution is -2.35. The van der Waals surface area contributed by atoms with Crippen molar-refractivity contribution in [3.63, 3.8) is 0 Å². The van der Waals surface area contributed by atoms with Gasteiger partial charge in [-0.2, -0.15) is 0 Å². The fourth-order valence-electron chi connectivity index (χ4n) is 4.27. The molecule has 0 aromatic heterocycles. The molecule has 0 radical (unpaired) electrons. The molecule has 0 bridgehead atoms. The van der Waals surface area contributed by atoms with Gasteiger partial charge >= 0.3 is 0 Å². The van der Waals surface area contributed by atoms with Gasteiger partial charge in [0, 0.05) is 19.1 Å². The minimum atomic E-state index is -0.131. The highest BCUT2D eigenvalue weighted by Crippen LogP contribution is 2.48. The zero-order valence-corrected chi connectivity index (χ0v) is 16.8. The van der Waals surface area contributed by atoms with E-state index in [9.17, 15) is 10.2 Å². The number of rotatable bonds is 7. The van der Waals surface area contributed by atoms with Crippen LogP contribution in [0.1, 0.15) is 22.6 Å². The van der Waals surface area contributed by atoms with Crippen molar-refractivity contribution < 1.29 is 29.2 Å². The zero-order chi connectivity index (χ0) is 20.3. The Bertz CT molecular complexity index is 819. The number of hydrogen-bond acceptors (Lipinski definition) is 6. The van der Waals surface area contributed by atoms with E-state index >= 15 is 0 Å². The summed E-state index contributed by atoms with van der Waals surface area (Å²) in [4.78, 5) is 0. The second-order valence-corrected chi connectivity index (χ2v) is 6.99. The number of aliphatic hydroxyl groups excluding tert-OH is 2. The Balaban J connectivity index is 2.20. The van der Waals surface area contributed by atoms with Gasteiger partial charge < -0.3 is 29.2 Å². The van der Waals surface area contributed by atoms with Gasteiger partial charge in [0.1, 0.15) is 0 Å². The van der Waals surface area contributed by atoms with Gasteiger partial charge in [-0.15, -0.1) is 0 Å². The maximum Gasteiger partial charge on any atom is 0.161 e. The first kappa shape index (κ1) is 20.3. The van der Waals surface area contributed by atoms with E-state index in [1.807, 2.05) is 30.3 Å². The van der Waals surface area contributed by atoms with Crippen molar-refractivity contribution in [1.82, 2.24) is 0 Å². The van der Waals surface area contributed by atoms with Crippen LogP contribution >= 0.6 is 0 Å². The zero-order valence-electron chi connectivity index (χ0n) is 16.8. The Morgan fingerprint density at radius 1 is 0.786 bits per heavy atom. The highest BCUT2D eigenvalue weighted by atomic mass is 16.5. The Kier molecular flexibility index (Phi) is 6.31. The second kappa shape index (κ2) is 8.71. The van der Waals surface area contributed by atoms with E-state index in [0.717, 1.165) is 16.7 Å². The number of ether oxygens (including phenoxy) is 4. The Hall–Kier alpha value is -2.44. The summed E-state index contributed by atoms with van der Waals surface area (Å²) >= 11 is 0. The molecule has 2 N–H and O–H groups in total. The molecule has 1 aliphatic carbocycles. The molecule has 0 saturated heterocycles. The molecular formula is C22H28O6. The molecule has 6 nitrogen and oxygen atoms in total.